The van der Waals surface area contributed by atoms with Gasteiger partial charge in [0, 0.05) is 51.1 Å². The van der Waals surface area contributed by atoms with E-state index in [1.165, 1.54) is 12.1 Å². The molecule has 1 aromatic carbocycles. The minimum atomic E-state index is -4.40. The molecule has 2 aromatic rings. The highest BCUT2D eigenvalue weighted by atomic mass is 127. The van der Waals surface area contributed by atoms with Crippen LogP contribution in [0.3, 0.4) is 0 Å². The van der Waals surface area contributed by atoms with Gasteiger partial charge in [-0.05, 0) is 30.5 Å². The maximum atomic E-state index is 13.0. The Morgan fingerprint density at radius 1 is 1.23 bits per heavy atom. The Hall–Kier alpha value is -1.47. The first-order valence-corrected chi connectivity index (χ1v) is 10.7. The van der Waals surface area contributed by atoms with Gasteiger partial charge in [-0.2, -0.15) is 13.2 Å². The molecule has 1 saturated heterocycles. The second-order valence-corrected chi connectivity index (χ2v) is 8.14. The second kappa shape index (κ2) is 12.0. The van der Waals surface area contributed by atoms with Gasteiger partial charge in [-0.25, -0.2) is 9.37 Å². The smallest absolute Gasteiger partial charge is 0.356 e. The van der Waals surface area contributed by atoms with Crippen LogP contribution in [-0.4, -0.2) is 48.6 Å². The van der Waals surface area contributed by atoms with Crippen molar-refractivity contribution >= 4 is 41.3 Å². The van der Waals surface area contributed by atoms with Crippen molar-refractivity contribution in [3.63, 3.8) is 0 Å². The molecule has 0 atom stereocenters. The Bertz CT molecular complexity index is 833. The third kappa shape index (κ3) is 8.19. The van der Waals surface area contributed by atoms with Crippen LogP contribution < -0.4 is 10.6 Å². The molecule has 1 aromatic heterocycles. The van der Waals surface area contributed by atoms with E-state index in [1.807, 2.05) is 12.1 Å². The first-order chi connectivity index (χ1) is 14.3. The van der Waals surface area contributed by atoms with E-state index in [1.54, 1.807) is 7.05 Å². The largest absolute Gasteiger partial charge is 0.434 e. The van der Waals surface area contributed by atoms with Gasteiger partial charge in [0.15, 0.2) is 11.7 Å². The van der Waals surface area contributed by atoms with Crippen LogP contribution in [-0.2, 0) is 19.1 Å². The van der Waals surface area contributed by atoms with Crippen molar-refractivity contribution in [2.45, 2.75) is 38.0 Å². The molecule has 172 valence electrons. The van der Waals surface area contributed by atoms with Gasteiger partial charge in [0.2, 0.25) is 0 Å². The Kier molecular flexibility index (Phi) is 9.94. The van der Waals surface area contributed by atoms with Crippen molar-refractivity contribution in [2.24, 2.45) is 4.99 Å². The van der Waals surface area contributed by atoms with Gasteiger partial charge in [-0.3, -0.25) is 9.89 Å². The molecule has 11 heteroatoms. The summed E-state index contributed by atoms with van der Waals surface area (Å²) in [6.07, 6.45) is -2.10. The first kappa shape index (κ1) is 25.8. The summed E-state index contributed by atoms with van der Waals surface area (Å²) in [7, 11) is 1.67. The fourth-order valence-electron chi connectivity index (χ4n) is 3.32. The molecule has 2 N–H and O–H groups in total. The predicted octanol–water partition coefficient (Wildman–Crippen LogP) is 4.29. The van der Waals surface area contributed by atoms with Crippen LogP contribution in [0, 0.1) is 5.82 Å². The molecule has 0 radical (unpaired) electrons. The van der Waals surface area contributed by atoms with E-state index in [0.29, 0.717) is 23.9 Å². The maximum Gasteiger partial charge on any atom is 0.434 e. The third-order valence-electron chi connectivity index (χ3n) is 4.94. The second-order valence-electron chi connectivity index (χ2n) is 7.19. The van der Waals surface area contributed by atoms with Crippen molar-refractivity contribution in [1.82, 2.24) is 20.5 Å². The molecule has 0 amide bonds. The standard InChI is InChI=1S/C20H25F4N5S.HI/c1-25-19(26-9-6-18-28-17(13-30-18)20(22,23)24)27-16-7-10-29(11-8-16)12-14-2-4-15(21)5-3-14;/h2-5,13,16H,6-12H2,1H3,(H2,25,26,27);1H. The monoisotopic (exact) mass is 571 g/mol. The molecule has 31 heavy (non-hydrogen) atoms. The average molecular weight is 571 g/mol. The number of nitrogens with one attached hydrogen (secondary N) is 2. The van der Waals surface area contributed by atoms with E-state index < -0.39 is 11.9 Å². The number of hydrogen-bond donors (Lipinski definition) is 2. The van der Waals surface area contributed by atoms with Gasteiger partial charge >= 0.3 is 6.18 Å². The summed E-state index contributed by atoms with van der Waals surface area (Å²) in [6, 6.07) is 6.86. The van der Waals surface area contributed by atoms with Crippen LogP contribution in [0.2, 0.25) is 0 Å². The molecule has 2 heterocycles. The summed E-state index contributed by atoms with van der Waals surface area (Å²) in [4.78, 5) is 10.2. The zero-order valence-corrected chi connectivity index (χ0v) is 20.2. The van der Waals surface area contributed by atoms with Crippen LogP contribution in [0.5, 0.6) is 0 Å². The highest BCUT2D eigenvalue weighted by molar-refractivity contribution is 14.0. The number of aromatic nitrogens is 1. The lowest BCUT2D eigenvalue weighted by atomic mass is 10.0. The van der Waals surface area contributed by atoms with Crippen molar-refractivity contribution < 1.29 is 17.6 Å². The zero-order valence-electron chi connectivity index (χ0n) is 17.1. The molecular formula is C20H26F4IN5S. The Balaban J connectivity index is 0.00000341. The summed E-state index contributed by atoms with van der Waals surface area (Å²) in [5.41, 5.74) is 0.258. The average Bonchev–Trinajstić information content (AvgIpc) is 3.20. The van der Waals surface area contributed by atoms with Gasteiger partial charge in [-0.1, -0.05) is 12.1 Å². The normalized spacial score (nSPS) is 16.1. The van der Waals surface area contributed by atoms with E-state index in [9.17, 15) is 17.6 Å². The van der Waals surface area contributed by atoms with Gasteiger partial charge in [0.25, 0.3) is 0 Å². The van der Waals surface area contributed by atoms with E-state index in [-0.39, 0.29) is 35.8 Å². The van der Waals surface area contributed by atoms with Crippen LogP contribution >= 0.6 is 35.3 Å². The zero-order chi connectivity index (χ0) is 21.6. The van der Waals surface area contributed by atoms with Crippen LogP contribution in [0.15, 0.2) is 34.6 Å². The number of rotatable bonds is 6. The van der Waals surface area contributed by atoms with Crippen molar-refractivity contribution in [2.75, 3.05) is 26.7 Å². The first-order valence-electron chi connectivity index (χ1n) is 9.79. The number of hydrogen-bond acceptors (Lipinski definition) is 4. The van der Waals surface area contributed by atoms with Crippen LogP contribution in [0.4, 0.5) is 17.6 Å². The number of halogens is 5. The number of alkyl halides is 3. The van der Waals surface area contributed by atoms with Gasteiger partial charge in [-0.15, -0.1) is 35.3 Å². The third-order valence-corrected chi connectivity index (χ3v) is 5.85. The highest BCUT2D eigenvalue weighted by Gasteiger charge is 2.33. The molecule has 0 saturated carbocycles. The van der Waals surface area contributed by atoms with E-state index >= 15 is 0 Å². The van der Waals surface area contributed by atoms with E-state index in [4.69, 9.17) is 0 Å². The summed E-state index contributed by atoms with van der Waals surface area (Å²) < 4.78 is 50.9. The molecule has 1 fully saturated rings. The molecule has 3 rings (SSSR count). The molecule has 0 unspecified atom stereocenters. The molecule has 0 spiro atoms. The topological polar surface area (TPSA) is 52.6 Å². The number of aliphatic imine (C=N–C) groups is 1. The summed E-state index contributed by atoms with van der Waals surface area (Å²) in [6.45, 7) is 3.10. The molecule has 5 nitrogen and oxygen atoms in total. The van der Waals surface area contributed by atoms with Crippen molar-refractivity contribution in [3.8, 4) is 0 Å². The number of benzene rings is 1. The van der Waals surface area contributed by atoms with Crippen LogP contribution in [0.25, 0.3) is 0 Å². The minimum absolute atomic E-state index is 0. The maximum absolute atomic E-state index is 13.0. The number of nitrogens with zero attached hydrogens (tertiary/aromatic N) is 3. The SMILES string of the molecule is CN=C(NCCc1nc(C(F)(F)F)cs1)NC1CCN(Cc2ccc(F)cc2)CC1.I. The minimum Gasteiger partial charge on any atom is -0.356 e. The summed E-state index contributed by atoms with van der Waals surface area (Å²) in [5, 5.41) is 8.01. The van der Waals surface area contributed by atoms with E-state index in [0.717, 1.165) is 54.8 Å². The summed E-state index contributed by atoms with van der Waals surface area (Å²) in [5.74, 6) is 0.413. The lowest BCUT2D eigenvalue weighted by molar-refractivity contribution is -0.140. The molecule has 0 bridgehead atoms. The van der Waals surface area contributed by atoms with Gasteiger partial charge in [0.1, 0.15) is 5.82 Å². The molecule has 0 aliphatic carbocycles. The highest BCUT2D eigenvalue weighted by Crippen LogP contribution is 2.30. The number of thiazole rings is 1. The number of likely N-dealkylation sites (tertiary alicyclic amines) is 1. The Morgan fingerprint density at radius 2 is 1.90 bits per heavy atom. The van der Waals surface area contributed by atoms with Crippen LogP contribution in [0.1, 0.15) is 29.1 Å². The van der Waals surface area contributed by atoms with Gasteiger partial charge < -0.3 is 10.6 Å². The van der Waals surface area contributed by atoms with Gasteiger partial charge in [0.05, 0.1) is 5.01 Å². The Labute approximate surface area is 200 Å². The predicted molar refractivity (Wildman–Crippen MR) is 125 cm³/mol. The lowest BCUT2D eigenvalue weighted by Gasteiger charge is -2.33. The molecular weight excluding hydrogens is 545 g/mol. The number of piperidine rings is 1. The quantitative estimate of drug-likeness (QED) is 0.235. The fraction of sp³-hybridized carbons (Fsp3) is 0.500. The summed E-state index contributed by atoms with van der Waals surface area (Å²) >= 11 is 1.02. The molecule has 1 aliphatic heterocycles. The van der Waals surface area contributed by atoms with Crippen molar-refractivity contribution in [1.29, 1.82) is 0 Å². The fourth-order valence-corrected chi connectivity index (χ4v) is 4.12. The van der Waals surface area contributed by atoms with E-state index in [2.05, 4.69) is 25.5 Å². The number of guanidine groups is 1. The lowest BCUT2D eigenvalue weighted by Crippen LogP contribution is -2.48. The Morgan fingerprint density at radius 3 is 2.48 bits per heavy atom. The molecule has 1 aliphatic rings. The van der Waals surface area contributed by atoms with Crippen molar-refractivity contribution in [3.05, 3.63) is 51.7 Å².